The van der Waals surface area contributed by atoms with E-state index < -0.39 is 6.10 Å². The average molecular weight is 431 g/mol. The molecule has 0 radical (unpaired) electrons. The Balaban J connectivity index is 1.56. The quantitative estimate of drug-likeness (QED) is 0.626. The number of hydrogen-bond acceptors (Lipinski definition) is 5. The van der Waals surface area contributed by atoms with Crippen molar-refractivity contribution in [1.82, 2.24) is 9.80 Å². The maximum atomic E-state index is 13.2. The molecule has 0 bridgehead atoms. The largest absolute Gasteiger partial charge is 0.391 e. The molecule has 6 nitrogen and oxygen atoms in total. The fourth-order valence-corrected chi connectivity index (χ4v) is 3.80. The summed E-state index contributed by atoms with van der Waals surface area (Å²) in [5, 5.41) is 10.5. The molecule has 0 aliphatic carbocycles. The zero-order valence-corrected chi connectivity index (χ0v) is 18.0. The lowest BCUT2D eigenvalue weighted by atomic mass is 10.1. The van der Waals surface area contributed by atoms with Gasteiger partial charge in [-0.25, -0.2) is 4.39 Å². The van der Waals surface area contributed by atoms with Gasteiger partial charge in [-0.1, -0.05) is 30.3 Å². The predicted octanol–water partition coefficient (Wildman–Crippen LogP) is 2.22. The Kier molecular flexibility index (Phi) is 8.97. The summed E-state index contributed by atoms with van der Waals surface area (Å²) in [5.41, 5.74) is 1.54. The van der Waals surface area contributed by atoms with Gasteiger partial charge in [0.2, 0.25) is 0 Å². The second-order valence-electron chi connectivity index (χ2n) is 7.85. The molecule has 1 heterocycles. The van der Waals surface area contributed by atoms with Gasteiger partial charge in [0.1, 0.15) is 5.82 Å². The lowest BCUT2D eigenvalue weighted by Gasteiger charge is -2.36. The van der Waals surface area contributed by atoms with Crippen LogP contribution in [0.25, 0.3) is 0 Å². The molecule has 1 N–H and O–H groups in total. The van der Waals surface area contributed by atoms with Crippen molar-refractivity contribution in [2.24, 2.45) is 0 Å². The predicted molar refractivity (Wildman–Crippen MR) is 117 cm³/mol. The van der Waals surface area contributed by atoms with Gasteiger partial charge in [-0.2, -0.15) is 0 Å². The summed E-state index contributed by atoms with van der Waals surface area (Å²) in [7, 11) is 1.59. The zero-order valence-electron chi connectivity index (χ0n) is 18.0. The van der Waals surface area contributed by atoms with Crippen LogP contribution in [0.4, 0.5) is 4.39 Å². The Morgan fingerprint density at radius 3 is 2.71 bits per heavy atom. The van der Waals surface area contributed by atoms with Gasteiger partial charge in [0.15, 0.2) is 0 Å². The number of carbonyl (C=O) groups is 1. The maximum Gasteiger partial charge on any atom is 0.254 e. The Hall–Kier alpha value is -2.32. The van der Waals surface area contributed by atoms with E-state index in [1.54, 1.807) is 12.0 Å². The molecule has 1 amide bonds. The van der Waals surface area contributed by atoms with E-state index in [1.165, 1.54) is 24.3 Å². The third-order valence-electron chi connectivity index (χ3n) is 5.37. The highest BCUT2D eigenvalue weighted by Gasteiger charge is 2.26. The number of amides is 1. The van der Waals surface area contributed by atoms with Crippen LogP contribution in [0.3, 0.4) is 0 Å². The van der Waals surface area contributed by atoms with E-state index >= 15 is 0 Å². The lowest BCUT2D eigenvalue weighted by molar-refractivity contribution is -0.0515. The van der Waals surface area contributed by atoms with E-state index in [9.17, 15) is 14.3 Å². The second kappa shape index (κ2) is 11.9. The van der Waals surface area contributed by atoms with E-state index in [2.05, 4.69) is 4.90 Å². The first-order chi connectivity index (χ1) is 15.0. The minimum Gasteiger partial charge on any atom is -0.391 e. The number of benzene rings is 2. The number of aliphatic hydroxyl groups excluding tert-OH is 1. The average Bonchev–Trinajstić information content (AvgIpc) is 2.77. The molecule has 1 saturated heterocycles. The maximum absolute atomic E-state index is 13.2. The summed E-state index contributed by atoms with van der Waals surface area (Å²) in [4.78, 5) is 16.8. The molecule has 0 spiro atoms. The van der Waals surface area contributed by atoms with Gasteiger partial charge in [-0.15, -0.1) is 0 Å². The van der Waals surface area contributed by atoms with Crippen LogP contribution in [0.5, 0.6) is 0 Å². The van der Waals surface area contributed by atoms with E-state index in [-0.39, 0.29) is 17.8 Å². The smallest absolute Gasteiger partial charge is 0.254 e. The first kappa shape index (κ1) is 23.3. The molecule has 1 aliphatic heterocycles. The highest BCUT2D eigenvalue weighted by molar-refractivity contribution is 5.94. The number of aliphatic hydroxyl groups is 1. The Morgan fingerprint density at radius 2 is 2.00 bits per heavy atom. The number of morpholine rings is 1. The molecule has 0 unspecified atom stereocenters. The van der Waals surface area contributed by atoms with Crippen LogP contribution in [0.2, 0.25) is 0 Å². The van der Waals surface area contributed by atoms with Crippen molar-refractivity contribution in [2.75, 3.05) is 53.0 Å². The number of hydrogen-bond donors (Lipinski definition) is 1. The molecule has 31 heavy (non-hydrogen) atoms. The molecular weight excluding hydrogens is 399 g/mol. The highest BCUT2D eigenvalue weighted by atomic mass is 19.1. The van der Waals surface area contributed by atoms with Crippen molar-refractivity contribution >= 4 is 5.91 Å². The summed E-state index contributed by atoms with van der Waals surface area (Å²) in [5.74, 6) is -0.554. The van der Waals surface area contributed by atoms with Crippen LogP contribution in [-0.4, -0.2) is 86.1 Å². The van der Waals surface area contributed by atoms with Gasteiger partial charge in [-0.3, -0.25) is 9.69 Å². The molecule has 7 heteroatoms. The molecular formula is C24H31FN2O4. The number of β-amino-alcohol motifs (C(OH)–C–C–N with tert-alkyl or cyclic N) is 1. The molecule has 1 aliphatic rings. The molecule has 2 aromatic rings. The molecule has 1 fully saturated rings. The van der Waals surface area contributed by atoms with Gasteiger partial charge in [0.05, 0.1) is 25.4 Å². The van der Waals surface area contributed by atoms with Crippen LogP contribution >= 0.6 is 0 Å². The van der Waals surface area contributed by atoms with E-state index in [4.69, 9.17) is 9.47 Å². The number of nitrogens with zero attached hydrogens (tertiary/aromatic N) is 2. The summed E-state index contributed by atoms with van der Waals surface area (Å²) >= 11 is 0. The normalized spacial score (nSPS) is 18.0. The van der Waals surface area contributed by atoms with Gasteiger partial charge in [0.25, 0.3) is 5.91 Å². The van der Waals surface area contributed by atoms with Crippen molar-refractivity contribution in [1.29, 1.82) is 0 Å². The van der Waals surface area contributed by atoms with Crippen LogP contribution < -0.4 is 0 Å². The van der Waals surface area contributed by atoms with Gasteiger partial charge in [0, 0.05) is 45.4 Å². The Morgan fingerprint density at radius 1 is 1.26 bits per heavy atom. The van der Waals surface area contributed by atoms with Crippen molar-refractivity contribution in [3.63, 3.8) is 0 Å². The summed E-state index contributed by atoms with van der Waals surface area (Å²) in [6.07, 6.45) is -0.0307. The Labute approximate surface area is 183 Å². The first-order valence-corrected chi connectivity index (χ1v) is 10.6. The molecule has 0 saturated carbocycles. The zero-order chi connectivity index (χ0) is 22.1. The fourth-order valence-electron chi connectivity index (χ4n) is 3.80. The first-order valence-electron chi connectivity index (χ1n) is 10.6. The Bertz CT molecular complexity index is 803. The molecule has 0 aromatic heterocycles. The van der Waals surface area contributed by atoms with Crippen LogP contribution in [0.1, 0.15) is 15.9 Å². The van der Waals surface area contributed by atoms with Crippen LogP contribution in [0.15, 0.2) is 54.6 Å². The highest BCUT2D eigenvalue weighted by Crippen LogP contribution is 2.13. The molecule has 2 atom stereocenters. The second-order valence-corrected chi connectivity index (χ2v) is 7.85. The van der Waals surface area contributed by atoms with Crippen LogP contribution in [0, 0.1) is 5.82 Å². The van der Waals surface area contributed by atoms with E-state index in [0.717, 1.165) is 12.1 Å². The van der Waals surface area contributed by atoms with E-state index in [1.807, 2.05) is 30.3 Å². The van der Waals surface area contributed by atoms with E-state index in [0.29, 0.717) is 51.4 Å². The number of ether oxygens (including phenoxy) is 2. The third kappa shape index (κ3) is 7.40. The van der Waals surface area contributed by atoms with Crippen molar-refractivity contribution in [2.45, 2.75) is 18.6 Å². The number of halogens is 1. The molecule has 2 aromatic carbocycles. The minimum atomic E-state index is -0.466. The lowest BCUT2D eigenvalue weighted by Crippen LogP contribution is -2.51. The minimum absolute atomic E-state index is 0.168. The third-order valence-corrected chi connectivity index (χ3v) is 5.37. The summed E-state index contributed by atoms with van der Waals surface area (Å²) < 4.78 is 24.3. The fraction of sp³-hybridized carbons (Fsp3) is 0.458. The van der Waals surface area contributed by atoms with Crippen molar-refractivity contribution < 1.29 is 23.8 Å². The van der Waals surface area contributed by atoms with Gasteiger partial charge in [-0.05, 0) is 36.2 Å². The summed E-state index contributed by atoms with van der Waals surface area (Å²) in [6.45, 7) is 3.70. The topological polar surface area (TPSA) is 62.2 Å². The van der Waals surface area contributed by atoms with Crippen molar-refractivity contribution in [3.05, 3.63) is 71.5 Å². The monoisotopic (exact) mass is 430 g/mol. The van der Waals surface area contributed by atoms with Crippen LogP contribution in [-0.2, 0) is 15.9 Å². The SMILES string of the molecule is COCCN(C[C@H]1CN(C[C@H](O)Cc2ccccc2)CCO1)C(=O)c1ccc(F)cc1. The van der Waals surface area contributed by atoms with Crippen molar-refractivity contribution in [3.8, 4) is 0 Å². The number of methoxy groups -OCH3 is 1. The number of rotatable bonds is 10. The molecule has 3 rings (SSSR count). The standard InChI is InChI=1S/C24H31FN2O4/c1-30-13-12-27(24(29)20-7-9-21(25)10-8-20)18-23-17-26(11-14-31-23)16-22(28)15-19-5-3-2-4-6-19/h2-10,22-23,28H,11-18H2,1H3/t22-,23-/m1/s1. The number of carbonyl (C=O) groups excluding carboxylic acids is 1. The van der Waals surface area contributed by atoms with Gasteiger partial charge >= 0.3 is 0 Å². The van der Waals surface area contributed by atoms with Gasteiger partial charge < -0.3 is 19.5 Å². The summed E-state index contributed by atoms with van der Waals surface area (Å²) in [6, 6.07) is 15.5. The molecule has 168 valence electrons.